The van der Waals surface area contributed by atoms with Crippen molar-refractivity contribution in [3.05, 3.63) is 0 Å². The van der Waals surface area contributed by atoms with E-state index in [0.29, 0.717) is 19.3 Å². The highest BCUT2D eigenvalue weighted by Gasteiger charge is 2.44. The Hall–Kier alpha value is -0.160. The van der Waals surface area contributed by atoms with E-state index in [1.165, 1.54) is 0 Å². The first kappa shape index (κ1) is 14.8. The molecule has 1 unspecified atom stereocenters. The first-order valence-corrected chi connectivity index (χ1v) is 5.47. The molecule has 4 N–H and O–H groups in total. The molecule has 0 aliphatic heterocycles. The van der Waals surface area contributed by atoms with Crippen LogP contribution in [-0.4, -0.2) is 38.9 Å². The summed E-state index contributed by atoms with van der Waals surface area (Å²) < 4.78 is 0. The van der Waals surface area contributed by atoms with Crippen molar-refractivity contribution in [1.82, 2.24) is 0 Å². The zero-order chi connectivity index (χ0) is 12.1. The van der Waals surface area contributed by atoms with Crippen LogP contribution in [0.3, 0.4) is 0 Å². The van der Waals surface area contributed by atoms with Gasteiger partial charge >= 0.3 is 0 Å². The molecule has 0 fully saturated rings. The van der Waals surface area contributed by atoms with Crippen LogP contribution in [-0.2, 0) is 0 Å². The van der Waals surface area contributed by atoms with Gasteiger partial charge in [0.25, 0.3) is 0 Å². The molecule has 0 aromatic carbocycles. The zero-order valence-electron chi connectivity index (χ0n) is 9.90. The third kappa shape index (κ3) is 4.47. The first-order chi connectivity index (χ1) is 6.73. The number of aliphatic hydroxyl groups is 4. The number of unbranched alkanes of at least 4 members (excludes halogenated alkanes) is 2. The Bertz CT molecular complexity index is 172. The highest BCUT2D eigenvalue weighted by molar-refractivity contribution is 4.86. The van der Waals surface area contributed by atoms with Crippen LogP contribution in [0, 0.1) is 5.41 Å². The smallest absolute Gasteiger partial charge is 0.194 e. The van der Waals surface area contributed by atoms with Crippen LogP contribution >= 0.6 is 0 Å². The number of rotatable bonds is 6. The molecule has 0 aromatic heterocycles. The van der Waals surface area contributed by atoms with Crippen LogP contribution in [0.2, 0.25) is 0 Å². The molecule has 0 spiro atoms. The Morgan fingerprint density at radius 3 is 1.93 bits per heavy atom. The van der Waals surface area contributed by atoms with Crippen molar-refractivity contribution in [3.8, 4) is 0 Å². The third-order valence-electron chi connectivity index (χ3n) is 2.70. The van der Waals surface area contributed by atoms with E-state index in [-0.39, 0.29) is 6.61 Å². The van der Waals surface area contributed by atoms with Gasteiger partial charge in [0.05, 0.1) is 0 Å². The Morgan fingerprint density at radius 1 is 1.00 bits per heavy atom. The second-order valence-corrected chi connectivity index (χ2v) is 5.06. The fraction of sp³-hybridized carbons (Fsp3) is 1.00. The quantitative estimate of drug-likeness (QED) is 0.391. The van der Waals surface area contributed by atoms with E-state index in [4.69, 9.17) is 5.11 Å². The van der Waals surface area contributed by atoms with Crippen LogP contribution in [0.4, 0.5) is 0 Å². The minimum absolute atomic E-state index is 0.138. The molecule has 4 heteroatoms. The minimum Gasteiger partial charge on any atom is -0.396 e. The molecule has 0 saturated heterocycles. The van der Waals surface area contributed by atoms with E-state index in [1.54, 1.807) is 20.8 Å². The Morgan fingerprint density at radius 2 is 1.53 bits per heavy atom. The summed E-state index contributed by atoms with van der Waals surface area (Å²) in [6, 6.07) is 0. The predicted octanol–water partition coefficient (Wildman–Crippen LogP) is 0.627. The molecule has 92 valence electrons. The summed E-state index contributed by atoms with van der Waals surface area (Å²) in [5.74, 6) is -2.06. The average Bonchev–Trinajstić information content (AvgIpc) is 2.10. The zero-order valence-corrected chi connectivity index (χ0v) is 9.90. The van der Waals surface area contributed by atoms with Gasteiger partial charge in [-0.3, -0.25) is 0 Å². The fourth-order valence-corrected chi connectivity index (χ4v) is 1.33. The molecule has 0 aromatic rings. The van der Waals surface area contributed by atoms with Gasteiger partial charge < -0.3 is 20.4 Å². The van der Waals surface area contributed by atoms with Crippen LogP contribution < -0.4 is 0 Å². The second-order valence-electron chi connectivity index (χ2n) is 5.06. The maximum atomic E-state index is 9.73. The van der Waals surface area contributed by atoms with Crippen molar-refractivity contribution in [3.63, 3.8) is 0 Å². The molecule has 0 heterocycles. The molecule has 15 heavy (non-hydrogen) atoms. The maximum absolute atomic E-state index is 9.73. The van der Waals surface area contributed by atoms with E-state index in [2.05, 4.69) is 0 Å². The van der Waals surface area contributed by atoms with E-state index < -0.39 is 17.3 Å². The van der Waals surface area contributed by atoms with Crippen molar-refractivity contribution >= 4 is 0 Å². The highest BCUT2D eigenvalue weighted by Crippen LogP contribution is 2.32. The summed E-state index contributed by atoms with van der Waals surface area (Å²) in [5.41, 5.74) is -0.774. The van der Waals surface area contributed by atoms with Crippen molar-refractivity contribution in [2.75, 3.05) is 6.61 Å². The molecule has 0 saturated carbocycles. The molecule has 4 nitrogen and oxygen atoms in total. The van der Waals surface area contributed by atoms with Crippen molar-refractivity contribution in [2.24, 2.45) is 5.41 Å². The molecule has 0 radical (unpaired) electrons. The SMILES string of the molecule is CC(C)(C)C(O)(O)C(O)CCCCCO. The number of aliphatic hydroxyl groups excluding tert-OH is 2. The van der Waals surface area contributed by atoms with Crippen LogP contribution in [0.1, 0.15) is 46.5 Å². The minimum atomic E-state index is -2.06. The largest absolute Gasteiger partial charge is 0.396 e. The van der Waals surface area contributed by atoms with Gasteiger partial charge in [-0.05, 0) is 12.8 Å². The lowest BCUT2D eigenvalue weighted by molar-refractivity contribution is -0.281. The molecule has 0 aliphatic carbocycles. The molecular formula is C11H24O4. The number of hydrogen-bond donors (Lipinski definition) is 4. The van der Waals surface area contributed by atoms with E-state index in [9.17, 15) is 15.3 Å². The normalized spacial score (nSPS) is 15.4. The lowest BCUT2D eigenvalue weighted by atomic mass is 9.80. The summed E-state index contributed by atoms with van der Waals surface area (Å²) in [4.78, 5) is 0. The van der Waals surface area contributed by atoms with E-state index in [0.717, 1.165) is 6.42 Å². The van der Waals surface area contributed by atoms with E-state index in [1.807, 2.05) is 0 Å². The summed E-state index contributed by atoms with van der Waals surface area (Å²) in [5, 5.41) is 37.7. The Kier molecular flexibility index (Phi) is 5.73. The lowest BCUT2D eigenvalue weighted by Gasteiger charge is -2.38. The van der Waals surface area contributed by atoms with Gasteiger partial charge in [0.1, 0.15) is 6.10 Å². The monoisotopic (exact) mass is 220 g/mol. The van der Waals surface area contributed by atoms with Crippen LogP contribution in [0.15, 0.2) is 0 Å². The molecule has 0 aliphatic rings. The molecular weight excluding hydrogens is 196 g/mol. The van der Waals surface area contributed by atoms with Gasteiger partial charge in [-0.1, -0.05) is 33.6 Å². The van der Waals surface area contributed by atoms with Crippen molar-refractivity contribution in [2.45, 2.75) is 58.3 Å². The van der Waals surface area contributed by atoms with Crippen molar-refractivity contribution in [1.29, 1.82) is 0 Å². The fourth-order valence-electron chi connectivity index (χ4n) is 1.33. The summed E-state index contributed by atoms with van der Waals surface area (Å²) in [6.45, 7) is 5.15. The second kappa shape index (κ2) is 5.80. The molecule has 0 bridgehead atoms. The average molecular weight is 220 g/mol. The van der Waals surface area contributed by atoms with Gasteiger partial charge in [0.15, 0.2) is 5.79 Å². The first-order valence-electron chi connectivity index (χ1n) is 5.47. The van der Waals surface area contributed by atoms with Gasteiger partial charge in [0, 0.05) is 12.0 Å². The number of hydrogen-bond acceptors (Lipinski definition) is 4. The van der Waals surface area contributed by atoms with Crippen LogP contribution in [0.25, 0.3) is 0 Å². The standard InChI is InChI=1S/C11H24O4/c1-10(2,3)11(14,15)9(13)7-5-4-6-8-12/h9,12-15H,4-8H2,1-3H3. The molecule has 0 rings (SSSR count). The maximum Gasteiger partial charge on any atom is 0.194 e. The topological polar surface area (TPSA) is 80.9 Å². The summed E-state index contributed by atoms with van der Waals surface area (Å²) >= 11 is 0. The molecule has 0 amide bonds. The van der Waals surface area contributed by atoms with Gasteiger partial charge in [-0.2, -0.15) is 0 Å². The lowest BCUT2D eigenvalue weighted by Crippen LogP contribution is -2.52. The summed E-state index contributed by atoms with van der Waals surface area (Å²) in [6.07, 6.45) is 1.35. The third-order valence-corrected chi connectivity index (χ3v) is 2.70. The van der Waals surface area contributed by atoms with Crippen LogP contribution in [0.5, 0.6) is 0 Å². The predicted molar refractivity (Wildman–Crippen MR) is 58.2 cm³/mol. The van der Waals surface area contributed by atoms with Gasteiger partial charge in [-0.25, -0.2) is 0 Å². The van der Waals surface area contributed by atoms with Crippen molar-refractivity contribution < 1.29 is 20.4 Å². The molecule has 1 atom stereocenters. The Balaban J connectivity index is 4.03. The van der Waals surface area contributed by atoms with E-state index >= 15 is 0 Å². The van der Waals surface area contributed by atoms with Gasteiger partial charge in [-0.15, -0.1) is 0 Å². The highest BCUT2D eigenvalue weighted by atomic mass is 16.5. The van der Waals surface area contributed by atoms with Gasteiger partial charge in [0.2, 0.25) is 0 Å². The Labute approximate surface area is 91.6 Å². The summed E-state index contributed by atoms with van der Waals surface area (Å²) in [7, 11) is 0.